The highest BCUT2D eigenvalue weighted by molar-refractivity contribution is 8.14. The van der Waals surface area contributed by atoms with Crippen molar-refractivity contribution in [3.05, 3.63) is 0 Å². The zero-order chi connectivity index (χ0) is 8.60. The van der Waals surface area contributed by atoms with Gasteiger partial charge in [-0.05, 0) is 26.2 Å². The maximum absolute atomic E-state index is 4.60. The van der Waals surface area contributed by atoms with Crippen molar-refractivity contribution in [2.45, 2.75) is 44.7 Å². The summed E-state index contributed by atoms with van der Waals surface area (Å²) in [6.45, 7) is 4.48. The first-order valence-electron chi connectivity index (χ1n) is 4.71. The Kier molecular flexibility index (Phi) is 2.07. The average Bonchev–Trinajstić information content (AvgIpc) is 2.63. The van der Waals surface area contributed by atoms with Crippen molar-refractivity contribution in [3.8, 4) is 0 Å². The lowest BCUT2D eigenvalue weighted by atomic mass is 10.3. The van der Waals surface area contributed by atoms with Crippen LogP contribution in [0.5, 0.6) is 0 Å². The molecule has 1 aliphatic heterocycles. The lowest BCUT2D eigenvalue weighted by molar-refractivity contribution is 0.664. The van der Waals surface area contributed by atoms with Crippen LogP contribution < -0.4 is 5.32 Å². The van der Waals surface area contributed by atoms with Crippen LogP contribution in [0.15, 0.2) is 4.99 Å². The highest BCUT2D eigenvalue weighted by Gasteiger charge is 2.38. The van der Waals surface area contributed by atoms with E-state index in [9.17, 15) is 0 Å². The molecule has 1 unspecified atom stereocenters. The van der Waals surface area contributed by atoms with E-state index >= 15 is 0 Å². The zero-order valence-corrected chi connectivity index (χ0v) is 8.58. The molecule has 3 heteroatoms. The Hall–Kier alpha value is -0.180. The molecule has 0 aromatic rings. The molecule has 1 saturated carbocycles. The van der Waals surface area contributed by atoms with Crippen molar-refractivity contribution >= 4 is 16.9 Å². The van der Waals surface area contributed by atoms with Crippen LogP contribution >= 0.6 is 11.8 Å². The number of aliphatic imine (C=N–C) groups is 1. The Labute approximate surface area is 78.2 Å². The normalized spacial score (nSPS) is 31.5. The second-order valence-corrected chi connectivity index (χ2v) is 5.00. The minimum absolute atomic E-state index is 0.397. The molecule has 0 aromatic heterocycles. The van der Waals surface area contributed by atoms with Gasteiger partial charge in [0.25, 0.3) is 0 Å². The van der Waals surface area contributed by atoms with Crippen molar-refractivity contribution in [3.63, 3.8) is 0 Å². The Morgan fingerprint density at radius 3 is 2.92 bits per heavy atom. The Morgan fingerprint density at radius 1 is 1.67 bits per heavy atom. The summed E-state index contributed by atoms with van der Waals surface area (Å²) in [4.78, 5) is 4.60. The van der Waals surface area contributed by atoms with Crippen LogP contribution in [0.25, 0.3) is 0 Å². The molecule has 0 radical (unpaired) electrons. The molecule has 0 spiro atoms. The molecule has 1 N–H and O–H groups in total. The summed E-state index contributed by atoms with van der Waals surface area (Å²) in [6, 6.07) is 0.569. The third-order valence-corrected chi connectivity index (χ3v) is 3.62. The van der Waals surface area contributed by atoms with Crippen molar-refractivity contribution in [1.82, 2.24) is 5.32 Å². The van der Waals surface area contributed by atoms with Gasteiger partial charge < -0.3 is 5.32 Å². The summed E-state index contributed by atoms with van der Waals surface area (Å²) >= 11 is 1.88. The summed E-state index contributed by atoms with van der Waals surface area (Å²) in [5.74, 6) is 1.18. The van der Waals surface area contributed by atoms with Gasteiger partial charge in [-0.1, -0.05) is 18.7 Å². The van der Waals surface area contributed by atoms with E-state index in [4.69, 9.17) is 0 Å². The van der Waals surface area contributed by atoms with E-state index in [0.717, 1.165) is 0 Å². The van der Waals surface area contributed by atoms with Gasteiger partial charge in [0.15, 0.2) is 5.17 Å². The predicted octanol–water partition coefficient (Wildman–Crippen LogP) is 2.01. The number of hydrogen-bond acceptors (Lipinski definition) is 3. The number of nitrogens with zero attached hydrogens (tertiary/aromatic N) is 1. The monoisotopic (exact) mass is 184 g/mol. The molecule has 2 aliphatic rings. The number of amidine groups is 1. The molecule has 12 heavy (non-hydrogen) atoms. The average molecular weight is 184 g/mol. The quantitative estimate of drug-likeness (QED) is 0.710. The Morgan fingerprint density at radius 2 is 2.42 bits per heavy atom. The van der Waals surface area contributed by atoms with Crippen molar-refractivity contribution in [2.75, 3.05) is 5.75 Å². The fraction of sp³-hybridized carbons (Fsp3) is 0.889. The van der Waals surface area contributed by atoms with Gasteiger partial charge in [-0.15, -0.1) is 0 Å². The zero-order valence-electron chi connectivity index (χ0n) is 7.76. The van der Waals surface area contributed by atoms with E-state index in [1.165, 1.54) is 30.2 Å². The molecular formula is C9H16N2S. The Balaban J connectivity index is 1.88. The van der Waals surface area contributed by atoms with E-state index in [0.29, 0.717) is 11.6 Å². The van der Waals surface area contributed by atoms with Gasteiger partial charge in [0, 0.05) is 11.3 Å². The van der Waals surface area contributed by atoms with Gasteiger partial charge in [-0.2, -0.15) is 0 Å². The molecule has 0 aromatic carbocycles. The standard InChI is InChI=1S/C9H16N2S/c1-3-7-6-12-8(10-7)11-9(2)4-5-9/h7H,3-6H2,1-2H3,(H,10,11). The Bertz CT molecular complexity index is 209. The van der Waals surface area contributed by atoms with Gasteiger partial charge in [0.2, 0.25) is 0 Å². The second-order valence-electron chi connectivity index (χ2n) is 3.99. The fourth-order valence-corrected chi connectivity index (χ4v) is 2.47. The van der Waals surface area contributed by atoms with Gasteiger partial charge >= 0.3 is 0 Å². The van der Waals surface area contributed by atoms with E-state index in [-0.39, 0.29) is 0 Å². The molecule has 0 bridgehead atoms. The van der Waals surface area contributed by atoms with Gasteiger partial charge in [0.05, 0.1) is 6.04 Å². The molecule has 0 saturated heterocycles. The summed E-state index contributed by atoms with van der Waals surface area (Å²) in [5, 5.41) is 4.69. The topological polar surface area (TPSA) is 24.4 Å². The first kappa shape index (κ1) is 8.42. The number of hydrogen-bond donors (Lipinski definition) is 1. The highest BCUT2D eigenvalue weighted by atomic mass is 32.2. The third kappa shape index (κ3) is 1.76. The van der Waals surface area contributed by atoms with E-state index < -0.39 is 0 Å². The lowest BCUT2D eigenvalue weighted by Crippen LogP contribution is -2.31. The van der Waals surface area contributed by atoms with Gasteiger partial charge in [0.1, 0.15) is 0 Å². The highest BCUT2D eigenvalue weighted by Crippen LogP contribution is 2.35. The molecule has 2 nitrogen and oxygen atoms in total. The third-order valence-electron chi connectivity index (χ3n) is 2.59. The molecular weight excluding hydrogens is 168 g/mol. The van der Waals surface area contributed by atoms with E-state index in [1.54, 1.807) is 0 Å². The van der Waals surface area contributed by atoms with Crippen LogP contribution in [0.4, 0.5) is 0 Å². The van der Waals surface area contributed by atoms with Crippen LogP contribution in [0.2, 0.25) is 0 Å². The summed E-state index contributed by atoms with van der Waals surface area (Å²) in [6.07, 6.45) is 3.79. The predicted molar refractivity (Wildman–Crippen MR) is 54.7 cm³/mol. The van der Waals surface area contributed by atoms with Crippen molar-refractivity contribution < 1.29 is 0 Å². The SMILES string of the molecule is CCC1CSC(NC2(C)CC2)=N1. The molecule has 0 amide bonds. The van der Waals surface area contributed by atoms with Gasteiger partial charge in [-0.3, -0.25) is 4.99 Å². The molecule has 1 heterocycles. The van der Waals surface area contributed by atoms with E-state index in [1.807, 2.05) is 11.8 Å². The summed E-state index contributed by atoms with van der Waals surface area (Å²) in [5.41, 5.74) is 0.397. The fourth-order valence-electron chi connectivity index (χ4n) is 1.26. The maximum Gasteiger partial charge on any atom is 0.157 e. The number of rotatable bonds is 2. The smallest absolute Gasteiger partial charge is 0.157 e. The second kappa shape index (κ2) is 2.95. The largest absolute Gasteiger partial charge is 0.360 e. The van der Waals surface area contributed by atoms with Crippen molar-refractivity contribution in [1.29, 1.82) is 0 Å². The first-order valence-corrected chi connectivity index (χ1v) is 5.69. The van der Waals surface area contributed by atoms with Gasteiger partial charge in [-0.25, -0.2) is 0 Å². The summed E-state index contributed by atoms with van der Waals surface area (Å²) in [7, 11) is 0. The number of thioether (sulfide) groups is 1. The van der Waals surface area contributed by atoms with Crippen LogP contribution in [0, 0.1) is 0 Å². The molecule has 1 aliphatic carbocycles. The van der Waals surface area contributed by atoms with E-state index in [2.05, 4.69) is 24.2 Å². The molecule has 68 valence electrons. The summed E-state index contributed by atoms with van der Waals surface area (Å²) < 4.78 is 0. The molecule has 2 rings (SSSR count). The van der Waals surface area contributed by atoms with Crippen LogP contribution in [-0.2, 0) is 0 Å². The van der Waals surface area contributed by atoms with Crippen LogP contribution in [0.1, 0.15) is 33.1 Å². The van der Waals surface area contributed by atoms with Crippen LogP contribution in [-0.4, -0.2) is 22.5 Å². The first-order chi connectivity index (χ1) is 5.72. The molecule has 1 fully saturated rings. The van der Waals surface area contributed by atoms with Crippen LogP contribution in [0.3, 0.4) is 0 Å². The maximum atomic E-state index is 4.60. The number of nitrogens with one attached hydrogen (secondary N) is 1. The minimum Gasteiger partial charge on any atom is -0.360 e. The van der Waals surface area contributed by atoms with Crippen molar-refractivity contribution in [2.24, 2.45) is 4.99 Å². The minimum atomic E-state index is 0.397. The molecule has 1 atom stereocenters. The lowest BCUT2D eigenvalue weighted by Gasteiger charge is -2.10.